The third kappa shape index (κ3) is 4.03. The normalized spacial score (nSPS) is 17.1. The van der Waals surface area contributed by atoms with Gasteiger partial charge in [0.1, 0.15) is 5.54 Å². The molecule has 25 heavy (non-hydrogen) atoms. The number of carbonyl (C=O) groups is 2. The van der Waals surface area contributed by atoms with Crippen LogP contribution in [0.2, 0.25) is 0 Å². The van der Waals surface area contributed by atoms with Gasteiger partial charge in [-0.15, -0.1) is 0 Å². The molecule has 0 radical (unpaired) electrons. The number of ether oxygens (including phenoxy) is 1. The molecule has 1 aromatic carbocycles. The highest BCUT2D eigenvalue weighted by atomic mass is 32.2. The van der Waals surface area contributed by atoms with Crippen LogP contribution in [-0.4, -0.2) is 38.2 Å². The number of amides is 1. The summed E-state index contributed by atoms with van der Waals surface area (Å²) in [6.45, 7) is 3.22. The predicted octanol–water partition coefficient (Wildman–Crippen LogP) is 2.47. The van der Waals surface area contributed by atoms with Crippen LogP contribution in [0.25, 0.3) is 0 Å². The molecule has 0 aliphatic heterocycles. The van der Waals surface area contributed by atoms with Gasteiger partial charge in [0.25, 0.3) is 5.91 Å². The smallest absolute Gasteiger partial charge is 0.331 e. The average molecular weight is 367 g/mol. The maximum absolute atomic E-state index is 12.6. The minimum Gasteiger partial charge on any atom is -0.467 e. The maximum atomic E-state index is 12.6. The summed E-state index contributed by atoms with van der Waals surface area (Å²) >= 11 is 0. The lowest BCUT2D eigenvalue weighted by molar-refractivity contribution is -0.149. The molecule has 1 aromatic rings. The Balaban J connectivity index is 2.21. The van der Waals surface area contributed by atoms with E-state index in [0.29, 0.717) is 18.4 Å². The molecule has 0 aromatic heterocycles. The van der Waals surface area contributed by atoms with Gasteiger partial charge in [-0.3, -0.25) is 4.79 Å². The quantitative estimate of drug-likeness (QED) is 0.808. The van der Waals surface area contributed by atoms with Crippen LogP contribution in [-0.2, 0) is 19.4 Å². The second-order valence-corrected chi connectivity index (χ2v) is 9.21. The Morgan fingerprint density at radius 3 is 2.12 bits per heavy atom. The van der Waals surface area contributed by atoms with E-state index in [1.165, 1.54) is 31.4 Å². The minimum atomic E-state index is -3.38. The fourth-order valence-corrected chi connectivity index (χ4v) is 4.15. The molecule has 7 heteroatoms. The summed E-state index contributed by atoms with van der Waals surface area (Å²) in [4.78, 5) is 24.9. The van der Waals surface area contributed by atoms with Crippen molar-refractivity contribution in [3.8, 4) is 0 Å². The third-order valence-electron chi connectivity index (χ3n) is 4.70. The summed E-state index contributed by atoms with van der Waals surface area (Å²) < 4.78 is 29.2. The van der Waals surface area contributed by atoms with Crippen LogP contribution in [0.3, 0.4) is 0 Å². The van der Waals surface area contributed by atoms with E-state index in [0.717, 1.165) is 19.3 Å². The summed E-state index contributed by atoms with van der Waals surface area (Å²) in [5.41, 5.74) is -0.677. The standard InChI is InChI=1S/C18H25NO5S/c1-13(2)25(22,23)15-9-7-14(8-10-15)16(20)19-18(17(21)24-3)11-5-4-6-12-18/h7-10,13H,4-6,11-12H2,1-3H3,(H,19,20). The molecule has 1 aliphatic rings. The molecule has 0 atom stereocenters. The van der Waals surface area contributed by atoms with Gasteiger partial charge in [-0.1, -0.05) is 19.3 Å². The molecule has 0 spiro atoms. The van der Waals surface area contributed by atoms with Crippen LogP contribution in [0.15, 0.2) is 29.2 Å². The van der Waals surface area contributed by atoms with Crippen LogP contribution in [0.5, 0.6) is 0 Å². The minimum absolute atomic E-state index is 0.180. The fraction of sp³-hybridized carbons (Fsp3) is 0.556. The molecular weight excluding hydrogens is 342 g/mol. The molecule has 0 saturated heterocycles. The average Bonchev–Trinajstić information content (AvgIpc) is 2.61. The van der Waals surface area contributed by atoms with Gasteiger partial charge in [0, 0.05) is 5.56 Å². The van der Waals surface area contributed by atoms with E-state index in [1.807, 2.05) is 0 Å². The highest BCUT2D eigenvalue weighted by Gasteiger charge is 2.42. The first kappa shape index (κ1) is 19.4. The third-order valence-corrected chi connectivity index (χ3v) is 6.87. The molecule has 1 fully saturated rings. The van der Waals surface area contributed by atoms with E-state index in [4.69, 9.17) is 4.74 Å². The van der Waals surface area contributed by atoms with Gasteiger partial charge in [0.05, 0.1) is 17.3 Å². The molecule has 1 saturated carbocycles. The van der Waals surface area contributed by atoms with Crippen LogP contribution in [0, 0.1) is 0 Å². The SMILES string of the molecule is COC(=O)C1(NC(=O)c2ccc(S(=O)(=O)C(C)C)cc2)CCCCC1. The lowest BCUT2D eigenvalue weighted by atomic mass is 9.81. The monoisotopic (exact) mass is 367 g/mol. The number of benzene rings is 1. The van der Waals surface area contributed by atoms with Crippen molar-refractivity contribution in [1.82, 2.24) is 5.32 Å². The Kier molecular flexibility index (Phi) is 5.87. The van der Waals surface area contributed by atoms with Crippen molar-refractivity contribution in [2.45, 2.75) is 61.6 Å². The summed E-state index contributed by atoms with van der Waals surface area (Å²) in [5.74, 6) is -0.833. The van der Waals surface area contributed by atoms with Gasteiger partial charge in [0.2, 0.25) is 0 Å². The molecule has 0 heterocycles. The van der Waals surface area contributed by atoms with Gasteiger partial charge in [-0.25, -0.2) is 13.2 Å². The number of methoxy groups -OCH3 is 1. The predicted molar refractivity (Wildman–Crippen MR) is 94.1 cm³/mol. The van der Waals surface area contributed by atoms with E-state index in [-0.39, 0.29) is 4.90 Å². The van der Waals surface area contributed by atoms with Crippen LogP contribution >= 0.6 is 0 Å². The number of esters is 1. The topological polar surface area (TPSA) is 89.5 Å². The van der Waals surface area contributed by atoms with Gasteiger partial charge >= 0.3 is 5.97 Å². The molecule has 0 bridgehead atoms. The van der Waals surface area contributed by atoms with Crippen molar-refractivity contribution in [3.05, 3.63) is 29.8 Å². The van der Waals surface area contributed by atoms with Gasteiger partial charge in [0.15, 0.2) is 9.84 Å². The highest BCUT2D eigenvalue weighted by molar-refractivity contribution is 7.92. The number of nitrogens with one attached hydrogen (secondary N) is 1. The molecule has 1 N–H and O–H groups in total. The number of sulfone groups is 1. The lowest BCUT2D eigenvalue weighted by Gasteiger charge is -2.35. The zero-order valence-electron chi connectivity index (χ0n) is 14.9. The van der Waals surface area contributed by atoms with Gasteiger partial charge in [-0.05, 0) is 51.0 Å². The zero-order valence-corrected chi connectivity index (χ0v) is 15.7. The van der Waals surface area contributed by atoms with Crippen molar-refractivity contribution in [2.24, 2.45) is 0 Å². The Bertz CT molecular complexity index is 731. The van der Waals surface area contributed by atoms with Crippen molar-refractivity contribution >= 4 is 21.7 Å². The van der Waals surface area contributed by atoms with E-state index in [2.05, 4.69) is 5.32 Å². The number of hydrogen-bond acceptors (Lipinski definition) is 5. The largest absolute Gasteiger partial charge is 0.467 e. The Labute approximate surface area is 148 Å². The first-order valence-electron chi connectivity index (χ1n) is 8.48. The molecule has 2 rings (SSSR count). The van der Waals surface area contributed by atoms with Crippen LogP contribution in [0.4, 0.5) is 0 Å². The lowest BCUT2D eigenvalue weighted by Crippen LogP contribution is -2.56. The highest BCUT2D eigenvalue weighted by Crippen LogP contribution is 2.30. The molecule has 1 aliphatic carbocycles. The second kappa shape index (κ2) is 7.56. The number of rotatable bonds is 5. The summed E-state index contributed by atoms with van der Waals surface area (Å²) in [6, 6.07) is 5.79. The van der Waals surface area contributed by atoms with Crippen molar-refractivity contribution < 1.29 is 22.7 Å². The van der Waals surface area contributed by atoms with E-state index >= 15 is 0 Å². The van der Waals surface area contributed by atoms with Crippen molar-refractivity contribution in [1.29, 1.82) is 0 Å². The maximum Gasteiger partial charge on any atom is 0.331 e. The van der Waals surface area contributed by atoms with E-state index in [1.54, 1.807) is 13.8 Å². The Morgan fingerprint density at radius 2 is 1.64 bits per heavy atom. The first-order chi connectivity index (χ1) is 11.7. The fourth-order valence-electron chi connectivity index (χ4n) is 3.09. The zero-order chi connectivity index (χ0) is 18.7. The molecule has 1 amide bonds. The van der Waals surface area contributed by atoms with E-state index in [9.17, 15) is 18.0 Å². The van der Waals surface area contributed by atoms with Crippen molar-refractivity contribution in [2.75, 3.05) is 7.11 Å². The Morgan fingerprint density at radius 1 is 1.08 bits per heavy atom. The molecule has 0 unspecified atom stereocenters. The van der Waals surface area contributed by atoms with Gasteiger partial charge in [-0.2, -0.15) is 0 Å². The summed E-state index contributed by atoms with van der Waals surface area (Å²) in [7, 11) is -2.07. The molecule has 138 valence electrons. The number of carbonyl (C=O) groups excluding carboxylic acids is 2. The Hall–Kier alpha value is -1.89. The van der Waals surface area contributed by atoms with Crippen LogP contribution in [0.1, 0.15) is 56.3 Å². The van der Waals surface area contributed by atoms with Crippen LogP contribution < -0.4 is 5.32 Å². The summed E-state index contributed by atoms with van der Waals surface area (Å²) in [5, 5.41) is 2.29. The van der Waals surface area contributed by atoms with Gasteiger partial charge < -0.3 is 10.1 Å². The molecular formula is C18H25NO5S. The van der Waals surface area contributed by atoms with Crippen molar-refractivity contribution in [3.63, 3.8) is 0 Å². The second-order valence-electron chi connectivity index (χ2n) is 6.71. The van der Waals surface area contributed by atoms with E-state index < -0.39 is 32.5 Å². The first-order valence-corrected chi connectivity index (χ1v) is 10.0. The molecule has 6 nitrogen and oxygen atoms in total. The summed E-state index contributed by atoms with van der Waals surface area (Å²) in [6.07, 6.45) is 3.81. The number of hydrogen-bond donors (Lipinski definition) is 1.